The van der Waals surface area contributed by atoms with Gasteiger partial charge in [0.05, 0.1) is 0 Å². The van der Waals surface area contributed by atoms with E-state index in [0.29, 0.717) is 11.8 Å². The van der Waals surface area contributed by atoms with Gasteiger partial charge in [0.25, 0.3) is 0 Å². The zero-order valence-corrected chi connectivity index (χ0v) is 10.9. The Labute approximate surface area is 114 Å². The zero-order valence-electron chi connectivity index (χ0n) is 10.9. The maximum Gasteiger partial charge on any atom is 0.00495 e. The first-order chi connectivity index (χ1) is 9.43. The fraction of sp³-hybridized carbons (Fsp3) is 0.263. The first kappa shape index (κ1) is 11.0. The molecule has 4 rings (SSSR count). The van der Waals surface area contributed by atoms with Crippen LogP contribution in [0.15, 0.2) is 72.8 Å². The van der Waals surface area contributed by atoms with Crippen LogP contribution in [0.3, 0.4) is 0 Å². The smallest absolute Gasteiger partial charge is 0.00495 e. The van der Waals surface area contributed by atoms with Crippen molar-refractivity contribution in [3.63, 3.8) is 0 Å². The Morgan fingerprint density at radius 1 is 0.579 bits per heavy atom. The summed E-state index contributed by atoms with van der Waals surface area (Å²) in [5, 5.41) is 0. The molecule has 0 aromatic heterocycles. The number of rotatable bonds is 2. The maximum absolute atomic E-state index is 2.45. The van der Waals surface area contributed by atoms with Gasteiger partial charge in [-0.05, 0) is 29.4 Å². The van der Waals surface area contributed by atoms with E-state index >= 15 is 0 Å². The van der Waals surface area contributed by atoms with Crippen LogP contribution in [0.1, 0.15) is 29.4 Å². The first-order valence-electron chi connectivity index (χ1n) is 7.22. The molecule has 19 heavy (non-hydrogen) atoms. The highest BCUT2D eigenvalue weighted by atomic mass is 14.5. The molecule has 2 aliphatic carbocycles. The molecule has 1 saturated carbocycles. The summed E-state index contributed by atoms with van der Waals surface area (Å²) >= 11 is 0. The minimum Gasteiger partial charge on any atom is -0.0801 e. The van der Waals surface area contributed by atoms with E-state index in [1.54, 1.807) is 0 Å². The van der Waals surface area contributed by atoms with Crippen molar-refractivity contribution in [2.75, 3.05) is 0 Å². The molecule has 0 heteroatoms. The average Bonchev–Trinajstić information content (AvgIpc) is 3.28. The second-order valence-electron chi connectivity index (χ2n) is 5.82. The van der Waals surface area contributed by atoms with Gasteiger partial charge in [-0.3, -0.25) is 0 Å². The van der Waals surface area contributed by atoms with E-state index in [-0.39, 0.29) is 0 Å². The number of hydrogen-bond donors (Lipinski definition) is 0. The number of allylic oxidation sites excluding steroid dienone is 2. The van der Waals surface area contributed by atoms with Crippen LogP contribution in [0.25, 0.3) is 0 Å². The van der Waals surface area contributed by atoms with Crippen molar-refractivity contribution >= 4 is 0 Å². The highest BCUT2D eigenvalue weighted by Crippen LogP contribution is 2.59. The summed E-state index contributed by atoms with van der Waals surface area (Å²) in [4.78, 5) is 0. The Balaban J connectivity index is 1.63. The Bertz CT molecular complexity index is 528. The molecule has 0 amide bonds. The molecule has 0 radical (unpaired) electrons. The van der Waals surface area contributed by atoms with E-state index in [2.05, 4.69) is 72.8 Å². The van der Waals surface area contributed by atoms with Crippen LogP contribution in [0.5, 0.6) is 0 Å². The van der Waals surface area contributed by atoms with Gasteiger partial charge in [-0.2, -0.15) is 0 Å². The van der Waals surface area contributed by atoms with E-state index in [1.165, 1.54) is 17.5 Å². The molecular weight excluding hydrogens is 228 g/mol. The second-order valence-corrected chi connectivity index (χ2v) is 5.82. The van der Waals surface area contributed by atoms with Crippen molar-refractivity contribution in [3.05, 3.63) is 83.9 Å². The molecule has 0 bridgehead atoms. The fourth-order valence-electron chi connectivity index (χ4n) is 3.65. The van der Waals surface area contributed by atoms with Crippen molar-refractivity contribution in [2.45, 2.75) is 18.3 Å². The van der Waals surface area contributed by atoms with Crippen LogP contribution in [-0.2, 0) is 0 Å². The lowest BCUT2D eigenvalue weighted by atomic mass is 9.82. The average molecular weight is 246 g/mol. The highest BCUT2D eigenvalue weighted by molar-refractivity contribution is 5.36. The molecule has 94 valence electrons. The molecule has 2 unspecified atom stereocenters. The van der Waals surface area contributed by atoms with Crippen LogP contribution in [0, 0.1) is 11.8 Å². The van der Waals surface area contributed by atoms with Crippen molar-refractivity contribution in [1.29, 1.82) is 0 Å². The van der Waals surface area contributed by atoms with Gasteiger partial charge in [0, 0.05) is 11.8 Å². The minimum atomic E-state index is 0.645. The molecule has 2 aliphatic rings. The molecule has 0 heterocycles. The molecule has 0 aliphatic heterocycles. The van der Waals surface area contributed by atoms with Crippen LogP contribution in [0.2, 0.25) is 0 Å². The summed E-state index contributed by atoms with van der Waals surface area (Å²) < 4.78 is 0. The van der Waals surface area contributed by atoms with E-state index < -0.39 is 0 Å². The lowest BCUT2D eigenvalue weighted by Gasteiger charge is -2.23. The molecule has 0 nitrogen and oxygen atoms in total. The maximum atomic E-state index is 2.45. The first-order valence-corrected chi connectivity index (χ1v) is 7.22. The third kappa shape index (κ3) is 1.92. The van der Waals surface area contributed by atoms with Gasteiger partial charge in [0.2, 0.25) is 0 Å². The van der Waals surface area contributed by atoms with Gasteiger partial charge >= 0.3 is 0 Å². The van der Waals surface area contributed by atoms with Gasteiger partial charge in [0.15, 0.2) is 0 Å². The number of fused-ring (bicyclic) bond motifs is 1. The van der Waals surface area contributed by atoms with Crippen LogP contribution in [0.4, 0.5) is 0 Å². The largest absolute Gasteiger partial charge is 0.0801 e. The Morgan fingerprint density at radius 3 is 1.42 bits per heavy atom. The topological polar surface area (TPSA) is 0 Å². The van der Waals surface area contributed by atoms with E-state index in [4.69, 9.17) is 0 Å². The third-order valence-corrected chi connectivity index (χ3v) is 4.71. The number of hydrogen-bond acceptors (Lipinski definition) is 0. The van der Waals surface area contributed by atoms with Crippen molar-refractivity contribution in [2.24, 2.45) is 11.8 Å². The van der Waals surface area contributed by atoms with Gasteiger partial charge in [-0.1, -0.05) is 72.8 Å². The molecule has 0 spiro atoms. The molecule has 2 aromatic carbocycles. The minimum absolute atomic E-state index is 0.645. The van der Waals surface area contributed by atoms with Crippen molar-refractivity contribution in [1.82, 2.24) is 0 Å². The Kier molecular flexibility index (Phi) is 2.55. The van der Waals surface area contributed by atoms with Crippen molar-refractivity contribution < 1.29 is 0 Å². The highest BCUT2D eigenvalue weighted by Gasteiger charge is 2.48. The summed E-state index contributed by atoms with van der Waals surface area (Å²) in [6.07, 6.45) is 6.27. The standard InChI is InChI=1S/C19H18/c1-3-7-14(8-4-1)16-11-12-17(19-13-18(16)19)15-9-5-2-6-10-15/h1-12,16-19H,13H2/t16-,17+,18?,19?. The van der Waals surface area contributed by atoms with Crippen LogP contribution < -0.4 is 0 Å². The van der Waals surface area contributed by atoms with Crippen LogP contribution >= 0.6 is 0 Å². The lowest BCUT2D eigenvalue weighted by Crippen LogP contribution is -2.10. The zero-order chi connectivity index (χ0) is 12.7. The molecule has 1 fully saturated rings. The molecule has 4 atom stereocenters. The van der Waals surface area contributed by atoms with E-state index in [9.17, 15) is 0 Å². The predicted molar refractivity (Wildman–Crippen MR) is 79.1 cm³/mol. The fourth-order valence-corrected chi connectivity index (χ4v) is 3.65. The Morgan fingerprint density at radius 2 is 1.00 bits per heavy atom. The van der Waals surface area contributed by atoms with Crippen LogP contribution in [-0.4, -0.2) is 0 Å². The lowest BCUT2D eigenvalue weighted by molar-refractivity contribution is 0.567. The van der Waals surface area contributed by atoms with Gasteiger partial charge in [-0.25, -0.2) is 0 Å². The molecular formula is C19H18. The summed E-state index contributed by atoms with van der Waals surface area (Å²) in [7, 11) is 0. The monoisotopic (exact) mass is 246 g/mol. The molecule has 0 saturated heterocycles. The quantitative estimate of drug-likeness (QED) is 0.670. The normalized spacial score (nSPS) is 31.8. The summed E-state index contributed by atoms with van der Waals surface area (Å²) in [6.45, 7) is 0. The third-order valence-electron chi connectivity index (χ3n) is 4.71. The SMILES string of the molecule is C1=C[C@@H](c2ccccc2)C2CC2[C@H]1c1ccccc1. The number of benzene rings is 2. The summed E-state index contributed by atoms with van der Waals surface area (Å²) in [6, 6.07) is 21.9. The molecule has 0 N–H and O–H groups in total. The van der Waals surface area contributed by atoms with Crippen molar-refractivity contribution in [3.8, 4) is 0 Å². The summed E-state index contributed by atoms with van der Waals surface area (Å²) in [5.74, 6) is 3.01. The Hall–Kier alpha value is -1.82. The van der Waals surface area contributed by atoms with Gasteiger partial charge in [-0.15, -0.1) is 0 Å². The van der Waals surface area contributed by atoms with Gasteiger partial charge < -0.3 is 0 Å². The predicted octanol–water partition coefficient (Wildman–Crippen LogP) is 4.76. The van der Waals surface area contributed by atoms with E-state index in [0.717, 1.165) is 11.8 Å². The van der Waals surface area contributed by atoms with E-state index in [1.807, 2.05) is 0 Å². The second kappa shape index (κ2) is 4.38. The van der Waals surface area contributed by atoms with Gasteiger partial charge in [0.1, 0.15) is 0 Å². The molecule has 2 aromatic rings. The summed E-state index contributed by atoms with van der Waals surface area (Å²) in [5.41, 5.74) is 2.97.